The third kappa shape index (κ3) is 3.69. The summed E-state index contributed by atoms with van der Waals surface area (Å²) in [4.78, 5) is 14.0. The third-order valence-corrected chi connectivity index (χ3v) is 3.21. The van der Waals surface area contributed by atoms with Crippen LogP contribution in [0.5, 0.6) is 0 Å². The van der Waals surface area contributed by atoms with E-state index in [1.807, 2.05) is 6.92 Å². The number of amides is 1. The molecule has 3 N–H and O–H groups in total. The fourth-order valence-electron chi connectivity index (χ4n) is 1.87. The van der Waals surface area contributed by atoms with Gasteiger partial charge in [-0.3, -0.25) is 4.79 Å². The minimum absolute atomic E-state index is 0.0622. The molecule has 0 aliphatic heterocycles. The maximum Gasteiger partial charge on any atom is 0.254 e. The Hall–Kier alpha value is -2.11. The van der Waals surface area contributed by atoms with Crippen LogP contribution in [0.4, 0.5) is 4.39 Å². The number of rotatable bonds is 5. The van der Waals surface area contributed by atoms with E-state index in [0.29, 0.717) is 24.2 Å². The van der Waals surface area contributed by atoms with Gasteiger partial charge in [-0.1, -0.05) is 18.1 Å². The number of hydrogen-bond donors (Lipinski definition) is 2. The van der Waals surface area contributed by atoms with Crippen molar-refractivity contribution in [1.82, 2.24) is 4.90 Å². The lowest BCUT2D eigenvalue weighted by Crippen LogP contribution is -2.39. The number of amidine groups is 1. The molecule has 1 amide bonds. The molecule has 0 fully saturated rings. The molecule has 0 aliphatic carbocycles. The Balaban J connectivity index is 2.95. The lowest BCUT2D eigenvalue weighted by Gasteiger charge is -2.24. The highest BCUT2D eigenvalue weighted by Gasteiger charge is 2.20. The van der Waals surface area contributed by atoms with Crippen molar-refractivity contribution in [1.29, 1.82) is 0 Å². The van der Waals surface area contributed by atoms with Crippen molar-refractivity contribution in [2.75, 3.05) is 13.1 Å². The molecule has 0 aliphatic rings. The van der Waals surface area contributed by atoms with Crippen LogP contribution in [-0.4, -0.2) is 34.9 Å². The standard InChI is InChI=1S/C14H20FN3O2/c1-4-18(8-10(3)13(16)17-20)14(19)12-7-11(15)6-5-9(12)2/h5-7,10,20H,4,8H2,1-3H3,(H2,16,17). The summed E-state index contributed by atoms with van der Waals surface area (Å²) in [5, 5.41) is 11.6. The molecule has 110 valence electrons. The summed E-state index contributed by atoms with van der Waals surface area (Å²) in [5.74, 6) is -0.924. The number of benzene rings is 1. The van der Waals surface area contributed by atoms with Gasteiger partial charge in [-0.25, -0.2) is 4.39 Å². The van der Waals surface area contributed by atoms with Crippen molar-refractivity contribution in [2.24, 2.45) is 16.8 Å². The molecule has 5 nitrogen and oxygen atoms in total. The zero-order valence-corrected chi connectivity index (χ0v) is 11.9. The molecule has 1 atom stereocenters. The Kier molecular flexibility index (Phi) is 5.49. The van der Waals surface area contributed by atoms with Gasteiger partial charge < -0.3 is 15.8 Å². The molecule has 0 bridgehead atoms. The number of hydrogen-bond acceptors (Lipinski definition) is 3. The van der Waals surface area contributed by atoms with Crippen molar-refractivity contribution in [3.63, 3.8) is 0 Å². The first-order valence-corrected chi connectivity index (χ1v) is 6.43. The molecule has 1 aromatic rings. The summed E-state index contributed by atoms with van der Waals surface area (Å²) in [7, 11) is 0. The Morgan fingerprint density at radius 2 is 2.20 bits per heavy atom. The van der Waals surface area contributed by atoms with E-state index in [1.54, 1.807) is 24.8 Å². The van der Waals surface area contributed by atoms with Gasteiger partial charge >= 0.3 is 0 Å². The first-order valence-electron chi connectivity index (χ1n) is 6.43. The first-order chi connectivity index (χ1) is 9.40. The molecule has 6 heteroatoms. The molecule has 1 rings (SSSR count). The molecule has 1 aromatic carbocycles. The highest BCUT2D eigenvalue weighted by molar-refractivity contribution is 5.96. The van der Waals surface area contributed by atoms with Crippen molar-refractivity contribution < 1.29 is 14.4 Å². The van der Waals surface area contributed by atoms with Crippen LogP contribution >= 0.6 is 0 Å². The highest BCUT2D eigenvalue weighted by atomic mass is 19.1. The summed E-state index contributed by atoms with van der Waals surface area (Å²) in [5.41, 5.74) is 6.56. The van der Waals surface area contributed by atoms with E-state index in [2.05, 4.69) is 5.16 Å². The summed E-state index contributed by atoms with van der Waals surface area (Å²) in [6.45, 7) is 6.10. The second-order valence-electron chi connectivity index (χ2n) is 4.73. The topological polar surface area (TPSA) is 78.9 Å². The fourth-order valence-corrected chi connectivity index (χ4v) is 1.87. The lowest BCUT2D eigenvalue weighted by molar-refractivity contribution is 0.0752. The molecule has 0 saturated carbocycles. The van der Waals surface area contributed by atoms with E-state index < -0.39 is 5.82 Å². The van der Waals surface area contributed by atoms with Crippen LogP contribution in [0.2, 0.25) is 0 Å². The zero-order chi connectivity index (χ0) is 15.3. The average molecular weight is 281 g/mol. The molecule has 0 saturated heterocycles. The Bertz CT molecular complexity index is 517. The van der Waals surface area contributed by atoms with Crippen LogP contribution in [0.15, 0.2) is 23.4 Å². The third-order valence-electron chi connectivity index (χ3n) is 3.21. The highest BCUT2D eigenvalue weighted by Crippen LogP contribution is 2.14. The minimum atomic E-state index is -0.445. The summed E-state index contributed by atoms with van der Waals surface area (Å²) in [6, 6.07) is 4.12. The van der Waals surface area contributed by atoms with Crippen LogP contribution in [-0.2, 0) is 0 Å². The van der Waals surface area contributed by atoms with E-state index in [9.17, 15) is 9.18 Å². The molecule has 0 aromatic heterocycles. The number of carbonyl (C=O) groups is 1. The second-order valence-corrected chi connectivity index (χ2v) is 4.73. The molecule has 1 unspecified atom stereocenters. The number of carbonyl (C=O) groups excluding carboxylic acids is 1. The summed E-state index contributed by atoms with van der Waals surface area (Å²) < 4.78 is 13.3. The number of oxime groups is 1. The van der Waals surface area contributed by atoms with Crippen molar-refractivity contribution in [2.45, 2.75) is 20.8 Å². The van der Waals surface area contributed by atoms with E-state index in [4.69, 9.17) is 10.9 Å². The van der Waals surface area contributed by atoms with Crippen LogP contribution in [0.1, 0.15) is 29.8 Å². The monoisotopic (exact) mass is 281 g/mol. The second kappa shape index (κ2) is 6.88. The number of nitrogens with zero attached hydrogens (tertiary/aromatic N) is 2. The molecule has 0 radical (unpaired) electrons. The molecule has 0 spiro atoms. The Morgan fingerprint density at radius 3 is 2.75 bits per heavy atom. The number of halogens is 1. The number of nitrogens with two attached hydrogens (primary N) is 1. The van der Waals surface area contributed by atoms with Crippen LogP contribution in [0.25, 0.3) is 0 Å². The van der Waals surface area contributed by atoms with Crippen molar-refractivity contribution in [3.8, 4) is 0 Å². The van der Waals surface area contributed by atoms with Crippen molar-refractivity contribution >= 4 is 11.7 Å². The van der Waals surface area contributed by atoms with Gasteiger partial charge in [0, 0.05) is 24.6 Å². The fraction of sp³-hybridized carbons (Fsp3) is 0.429. The van der Waals surface area contributed by atoms with Gasteiger partial charge in [0.1, 0.15) is 11.7 Å². The minimum Gasteiger partial charge on any atom is -0.409 e. The number of aryl methyl sites for hydroxylation is 1. The maximum absolute atomic E-state index is 13.3. The Morgan fingerprint density at radius 1 is 1.55 bits per heavy atom. The van der Waals surface area contributed by atoms with Gasteiger partial charge in [0.2, 0.25) is 0 Å². The molecule has 0 heterocycles. The predicted molar refractivity (Wildman–Crippen MR) is 75.3 cm³/mol. The van der Waals surface area contributed by atoms with Crippen LogP contribution in [0, 0.1) is 18.7 Å². The van der Waals surface area contributed by atoms with Crippen LogP contribution in [0.3, 0.4) is 0 Å². The van der Waals surface area contributed by atoms with Gasteiger partial charge in [-0.05, 0) is 31.5 Å². The Labute approximate surface area is 117 Å². The smallest absolute Gasteiger partial charge is 0.254 e. The van der Waals surface area contributed by atoms with E-state index in [1.165, 1.54) is 12.1 Å². The maximum atomic E-state index is 13.3. The average Bonchev–Trinajstić information content (AvgIpc) is 2.45. The van der Waals surface area contributed by atoms with Crippen molar-refractivity contribution in [3.05, 3.63) is 35.1 Å². The SMILES string of the molecule is CCN(CC(C)C(N)=NO)C(=O)c1cc(F)ccc1C. The van der Waals surface area contributed by atoms with E-state index in [-0.39, 0.29) is 17.7 Å². The molecular weight excluding hydrogens is 261 g/mol. The molecule has 20 heavy (non-hydrogen) atoms. The van der Waals surface area contributed by atoms with Gasteiger partial charge in [0.05, 0.1) is 0 Å². The van der Waals surface area contributed by atoms with E-state index >= 15 is 0 Å². The van der Waals surface area contributed by atoms with E-state index in [0.717, 1.165) is 0 Å². The predicted octanol–water partition coefficient (Wildman–Crippen LogP) is 1.98. The normalized spacial score (nSPS) is 13.1. The van der Waals surface area contributed by atoms with Gasteiger partial charge in [0.15, 0.2) is 0 Å². The van der Waals surface area contributed by atoms with Crippen LogP contribution < -0.4 is 5.73 Å². The quantitative estimate of drug-likeness (QED) is 0.375. The summed E-state index contributed by atoms with van der Waals surface area (Å²) >= 11 is 0. The van der Waals surface area contributed by atoms with Gasteiger partial charge in [-0.15, -0.1) is 0 Å². The van der Waals surface area contributed by atoms with Gasteiger partial charge in [0.25, 0.3) is 5.91 Å². The molecular formula is C14H20FN3O2. The van der Waals surface area contributed by atoms with Gasteiger partial charge in [-0.2, -0.15) is 0 Å². The zero-order valence-electron chi connectivity index (χ0n) is 11.9. The summed E-state index contributed by atoms with van der Waals surface area (Å²) in [6.07, 6.45) is 0. The largest absolute Gasteiger partial charge is 0.409 e. The lowest BCUT2D eigenvalue weighted by atomic mass is 10.1. The first kappa shape index (κ1) is 15.9.